The lowest BCUT2D eigenvalue weighted by atomic mass is 10.1. The van der Waals surface area contributed by atoms with Crippen LogP contribution in [0.15, 0.2) is 71.6 Å². The summed E-state index contributed by atoms with van der Waals surface area (Å²) in [5.74, 6) is 0.802. The van der Waals surface area contributed by atoms with Gasteiger partial charge in [-0.05, 0) is 73.8 Å². The predicted molar refractivity (Wildman–Crippen MR) is 139 cm³/mol. The van der Waals surface area contributed by atoms with Crippen molar-refractivity contribution in [2.75, 3.05) is 26.2 Å². The fraction of sp³-hybridized carbons (Fsp3) is 0.259. The summed E-state index contributed by atoms with van der Waals surface area (Å²) >= 11 is 2.96. The minimum absolute atomic E-state index is 0.0184. The molecule has 1 fully saturated rings. The summed E-state index contributed by atoms with van der Waals surface area (Å²) < 4.78 is 12.9. The maximum absolute atomic E-state index is 10.5. The quantitative estimate of drug-likeness (QED) is 0.199. The van der Waals surface area contributed by atoms with Crippen LogP contribution in [0.2, 0.25) is 0 Å². The van der Waals surface area contributed by atoms with Crippen molar-refractivity contribution in [1.29, 1.82) is 0 Å². The third-order valence-corrected chi connectivity index (χ3v) is 7.81. The molecule has 1 aliphatic rings. The lowest BCUT2D eigenvalue weighted by molar-refractivity contribution is 0.194. The third-order valence-electron chi connectivity index (χ3n) is 5.91. The number of thiophene rings is 1. The monoisotopic (exact) mass is 493 g/mol. The van der Waals surface area contributed by atoms with Gasteiger partial charge in [-0.25, -0.2) is 0 Å². The van der Waals surface area contributed by atoms with Crippen molar-refractivity contribution in [3.05, 3.63) is 66.7 Å². The molecule has 0 bridgehead atoms. The van der Waals surface area contributed by atoms with Gasteiger partial charge in [-0.1, -0.05) is 24.6 Å². The predicted octanol–water partition coefficient (Wildman–Crippen LogP) is 7.28. The number of phenols is 2. The molecule has 176 valence electrons. The number of aromatic hydroxyl groups is 2. The Morgan fingerprint density at radius 3 is 2.47 bits per heavy atom. The zero-order valence-corrected chi connectivity index (χ0v) is 20.4. The molecule has 1 aromatic heterocycles. The molecule has 0 amide bonds. The van der Waals surface area contributed by atoms with Crippen LogP contribution in [0.25, 0.3) is 20.5 Å². The third kappa shape index (κ3) is 5.50. The highest BCUT2D eigenvalue weighted by Gasteiger charge is 2.15. The van der Waals surface area contributed by atoms with Crippen molar-refractivity contribution in [2.24, 2.45) is 0 Å². The second kappa shape index (κ2) is 10.7. The van der Waals surface area contributed by atoms with Crippen LogP contribution in [0, 0.1) is 0 Å². The van der Waals surface area contributed by atoms with E-state index in [1.54, 1.807) is 17.4 Å². The number of nitrogens with zero attached hydrogens (tertiary/aromatic N) is 1. The summed E-state index contributed by atoms with van der Waals surface area (Å²) in [6, 6.07) is 20.7. The summed E-state index contributed by atoms with van der Waals surface area (Å²) in [6.07, 6.45) is 3.92. The summed E-state index contributed by atoms with van der Waals surface area (Å²) in [5.41, 5.74) is 0.628. The van der Waals surface area contributed by atoms with Gasteiger partial charge in [-0.15, -0.1) is 11.3 Å². The first-order chi connectivity index (χ1) is 16.7. The Labute approximate surface area is 207 Å². The number of benzene rings is 3. The molecule has 5 rings (SSSR count). The van der Waals surface area contributed by atoms with Gasteiger partial charge in [0.2, 0.25) is 0 Å². The highest BCUT2D eigenvalue weighted by atomic mass is 32.2. The van der Waals surface area contributed by atoms with E-state index in [0.29, 0.717) is 23.7 Å². The van der Waals surface area contributed by atoms with E-state index in [9.17, 15) is 10.2 Å². The molecule has 7 heteroatoms. The van der Waals surface area contributed by atoms with E-state index in [1.807, 2.05) is 48.5 Å². The van der Waals surface area contributed by atoms with Gasteiger partial charge >= 0.3 is 0 Å². The molecule has 1 saturated heterocycles. The maximum atomic E-state index is 10.5. The largest absolute Gasteiger partial charge is 0.507 e. The van der Waals surface area contributed by atoms with E-state index in [2.05, 4.69) is 11.0 Å². The summed E-state index contributed by atoms with van der Waals surface area (Å²) in [5, 5.41) is 21.9. The van der Waals surface area contributed by atoms with E-state index in [-0.39, 0.29) is 11.5 Å². The Bertz CT molecular complexity index is 1220. The second-order valence-electron chi connectivity index (χ2n) is 8.37. The Balaban J connectivity index is 1.22. The molecule has 2 N–H and O–H groups in total. The molecule has 0 radical (unpaired) electrons. The number of fused-ring (bicyclic) bond motifs is 1. The van der Waals surface area contributed by atoms with Crippen LogP contribution in [0.3, 0.4) is 0 Å². The molecule has 0 saturated carbocycles. The number of rotatable bonds is 8. The summed E-state index contributed by atoms with van der Waals surface area (Å²) in [7, 11) is 0. The number of phenolic OH excluding ortho intramolecular Hbond substituents is 2. The molecule has 3 aromatic carbocycles. The van der Waals surface area contributed by atoms with Crippen LogP contribution in [0.1, 0.15) is 19.3 Å². The molecular weight excluding hydrogens is 466 g/mol. The average molecular weight is 494 g/mol. The molecule has 1 aliphatic heterocycles. The highest BCUT2D eigenvalue weighted by Crippen LogP contribution is 2.44. The minimum Gasteiger partial charge on any atom is -0.507 e. The van der Waals surface area contributed by atoms with Crippen LogP contribution in [-0.4, -0.2) is 41.4 Å². The fourth-order valence-corrected chi connectivity index (χ4v) is 5.73. The zero-order chi connectivity index (χ0) is 23.3. The molecule has 0 aliphatic carbocycles. The first-order valence-electron chi connectivity index (χ1n) is 11.5. The molecule has 0 unspecified atom stereocenters. The molecular formula is C27H27NO4S2. The minimum atomic E-state index is -0.109. The van der Waals surface area contributed by atoms with Crippen LogP contribution in [-0.2, 0) is 4.18 Å². The molecule has 0 spiro atoms. The number of ether oxygens (including phenoxy) is 1. The topological polar surface area (TPSA) is 62.2 Å². The van der Waals surface area contributed by atoms with Crippen molar-refractivity contribution in [3.63, 3.8) is 0 Å². The Kier molecular flexibility index (Phi) is 7.25. The van der Waals surface area contributed by atoms with Crippen molar-refractivity contribution >= 4 is 33.5 Å². The maximum Gasteiger partial charge on any atom is 0.169 e. The van der Waals surface area contributed by atoms with Crippen LogP contribution < -0.4 is 4.74 Å². The molecule has 5 nitrogen and oxygen atoms in total. The second-order valence-corrected chi connectivity index (χ2v) is 10.3. The summed E-state index contributed by atoms with van der Waals surface area (Å²) in [6.45, 7) is 4.02. The molecule has 0 atom stereocenters. The fourth-order valence-electron chi connectivity index (χ4n) is 4.10. The smallest absolute Gasteiger partial charge is 0.169 e. The van der Waals surface area contributed by atoms with Gasteiger partial charge in [0.15, 0.2) is 11.5 Å². The van der Waals surface area contributed by atoms with Gasteiger partial charge in [0, 0.05) is 44.7 Å². The summed E-state index contributed by atoms with van der Waals surface area (Å²) in [4.78, 5) is 4.36. The normalized spacial score (nSPS) is 14.5. The van der Waals surface area contributed by atoms with E-state index in [4.69, 9.17) is 8.92 Å². The van der Waals surface area contributed by atoms with Crippen molar-refractivity contribution in [3.8, 4) is 33.4 Å². The molecule has 34 heavy (non-hydrogen) atoms. The first-order valence-corrected chi connectivity index (χ1v) is 13.1. The Morgan fingerprint density at radius 1 is 0.882 bits per heavy atom. The zero-order valence-electron chi connectivity index (χ0n) is 18.8. The van der Waals surface area contributed by atoms with Crippen LogP contribution in [0.4, 0.5) is 0 Å². The van der Waals surface area contributed by atoms with Crippen molar-refractivity contribution < 1.29 is 19.1 Å². The Morgan fingerprint density at radius 2 is 1.68 bits per heavy atom. The molecule has 4 aromatic rings. The van der Waals surface area contributed by atoms with E-state index in [1.165, 1.54) is 50.5 Å². The Hall–Kier alpha value is -2.71. The first kappa shape index (κ1) is 23.1. The van der Waals surface area contributed by atoms with E-state index < -0.39 is 0 Å². The lowest BCUT2D eigenvalue weighted by Crippen LogP contribution is -2.32. The van der Waals surface area contributed by atoms with Crippen LogP contribution in [0.5, 0.6) is 23.0 Å². The molecule has 2 heterocycles. The number of piperidine rings is 1. The van der Waals surface area contributed by atoms with E-state index in [0.717, 1.165) is 26.4 Å². The number of hydrogen-bond acceptors (Lipinski definition) is 7. The van der Waals surface area contributed by atoms with Crippen molar-refractivity contribution in [1.82, 2.24) is 4.90 Å². The number of hydrogen-bond donors (Lipinski definition) is 2. The van der Waals surface area contributed by atoms with Gasteiger partial charge in [-0.2, -0.15) is 0 Å². The highest BCUT2D eigenvalue weighted by molar-refractivity contribution is 7.94. The lowest BCUT2D eigenvalue weighted by Gasteiger charge is -2.25. The number of likely N-dealkylation sites (tertiary alicyclic amines) is 1. The van der Waals surface area contributed by atoms with Gasteiger partial charge in [0.05, 0.1) is 6.61 Å². The van der Waals surface area contributed by atoms with Crippen molar-refractivity contribution in [2.45, 2.75) is 24.2 Å². The van der Waals surface area contributed by atoms with Gasteiger partial charge in [0.25, 0.3) is 0 Å². The van der Waals surface area contributed by atoms with E-state index >= 15 is 0 Å². The van der Waals surface area contributed by atoms with Gasteiger partial charge in [0.1, 0.15) is 11.5 Å². The average Bonchev–Trinajstić information content (AvgIpc) is 3.29. The SMILES string of the molecule is Oc1cc(O)c(-c2cc3ccccc3s2)cc1Oc1ccc(SOCCN2CCCCC2)cc1. The standard InChI is InChI=1S/C27H27NO4S2/c29-23-18-24(30)25(17-22(23)27-16-19-6-2-3-7-26(19)33-27)32-20-8-10-21(11-9-20)34-31-15-14-28-12-4-1-5-13-28/h2-3,6-11,16-18,29-30H,1,4-5,12-15H2. The van der Waals surface area contributed by atoms with Crippen LogP contribution >= 0.6 is 23.4 Å². The van der Waals surface area contributed by atoms with Gasteiger partial charge < -0.3 is 24.0 Å². The van der Waals surface area contributed by atoms with Gasteiger partial charge in [-0.3, -0.25) is 0 Å².